The van der Waals surface area contributed by atoms with Crippen LogP contribution >= 0.6 is 0 Å². The average Bonchev–Trinajstić information content (AvgIpc) is 2.89. The number of rotatable bonds is 7. The van der Waals surface area contributed by atoms with E-state index in [4.69, 9.17) is 14.2 Å². The summed E-state index contributed by atoms with van der Waals surface area (Å²) in [5.74, 6) is 0.116. The lowest BCUT2D eigenvalue weighted by atomic mass is 10.00. The van der Waals surface area contributed by atoms with Crippen LogP contribution in [0.3, 0.4) is 0 Å². The molecule has 0 spiro atoms. The number of carbonyl (C=O) groups excluding carboxylic acids is 2. The number of aromatic nitrogens is 2. The first-order valence-electron chi connectivity index (χ1n) is 10.7. The molecule has 0 atom stereocenters. The zero-order valence-electron chi connectivity index (χ0n) is 19.4. The first-order chi connectivity index (χ1) is 16.9. The summed E-state index contributed by atoms with van der Waals surface area (Å²) in [6.45, 7) is 0. The number of hydrogen-bond donors (Lipinski definition) is 2. The summed E-state index contributed by atoms with van der Waals surface area (Å²) in [6, 6.07) is 16.9. The standard InChI is InChI=1S/C26H23N3O6/c1-33-22-11-8-16(13-23(22)34-2)24(30)27-17-9-10-19-20(14-17)25(31)29-28-21(19)12-15-6-4-5-7-18(15)26(32)35-3/h4-11,13-14H,12H2,1-3H3,(H,27,30)(H,29,31). The van der Waals surface area contributed by atoms with Crippen molar-refractivity contribution in [2.75, 3.05) is 26.6 Å². The molecule has 1 heterocycles. The Labute approximate surface area is 200 Å². The minimum absolute atomic E-state index is 0.301. The summed E-state index contributed by atoms with van der Waals surface area (Å²) in [7, 11) is 4.33. The highest BCUT2D eigenvalue weighted by Gasteiger charge is 2.16. The van der Waals surface area contributed by atoms with Gasteiger partial charge in [0.15, 0.2) is 11.5 Å². The van der Waals surface area contributed by atoms with Crippen LogP contribution in [0.1, 0.15) is 32.0 Å². The molecule has 0 fully saturated rings. The SMILES string of the molecule is COC(=O)c1ccccc1Cc1n[nH]c(=O)c2cc(NC(=O)c3ccc(OC)c(OC)c3)ccc12. The third-order valence-electron chi connectivity index (χ3n) is 5.55. The molecule has 0 aliphatic rings. The maximum Gasteiger partial charge on any atom is 0.338 e. The van der Waals surface area contributed by atoms with Crippen molar-refractivity contribution in [1.82, 2.24) is 10.2 Å². The van der Waals surface area contributed by atoms with Crippen LogP contribution in [0.25, 0.3) is 10.8 Å². The van der Waals surface area contributed by atoms with Crippen LogP contribution in [-0.2, 0) is 11.2 Å². The van der Waals surface area contributed by atoms with Crippen molar-refractivity contribution in [2.45, 2.75) is 6.42 Å². The second-order valence-electron chi connectivity index (χ2n) is 7.61. The molecule has 3 aromatic carbocycles. The van der Waals surface area contributed by atoms with Gasteiger partial charge in [-0.05, 0) is 42.0 Å². The van der Waals surface area contributed by atoms with E-state index in [0.717, 1.165) is 0 Å². The van der Waals surface area contributed by atoms with Crippen molar-refractivity contribution in [3.63, 3.8) is 0 Å². The number of ether oxygens (including phenoxy) is 3. The van der Waals surface area contributed by atoms with Gasteiger partial charge in [-0.25, -0.2) is 9.89 Å². The molecule has 4 rings (SSSR count). The third kappa shape index (κ3) is 4.84. The van der Waals surface area contributed by atoms with E-state index < -0.39 is 11.5 Å². The molecule has 0 aliphatic carbocycles. The molecule has 0 saturated heterocycles. The maximum atomic E-state index is 12.8. The zero-order chi connectivity index (χ0) is 24.9. The predicted molar refractivity (Wildman–Crippen MR) is 130 cm³/mol. The lowest BCUT2D eigenvalue weighted by Crippen LogP contribution is -2.15. The molecule has 0 radical (unpaired) electrons. The molecule has 1 aromatic heterocycles. The molecule has 1 amide bonds. The Bertz CT molecular complexity index is 1480. The quantitative estimate of drug-likeness (QED) is 0.394. The van der Waals surface area contributed by atoms with E-state index in [1.54, 1.807) is 48.5 Å². The number of carbonyl (C=O) groups is 2. The van der Waals surface area contributed by atoms with E-state index in [9.17, 15) is 14.4 Å². The molecule has 2 N–H and O–H groups in total. The fourth-order valence-electron chi connectivity index (χ4n) is 3.78. The molecule has 0 unspecified atom stereocenters. The summed E-state index contributed by atoms with van der Waals surface area (Å²) >= 11 is 0. The van der Waals surface area contributed by atoms with Gasteiger partial charge in [-0.1, -0.05) is 24.3 Å². The van der Waals surface area contributed by atoms with Gasteiger partial charge in [-0.2, -0.15) is 5.10 Å². The Balaban J connectivity index is 1.65. The van der Waals surface area contributed by atoms with Gasteiger partial charge in [0.2, 0.25) is 0 Å². The van der Waals surface area contributed by atoms with Gasteiger partial charge in [-0.15, -0.1) is 0 Å². The van der Waals surface area contributed by atoms with Crippen molar-refractivity contribution in [2.24, 2.45) is 0 Å². The number of methoxy groups -OCH3 is 3. The number of benzene rings is 3. The van der Waals surface area contributed by atoms with Crippen LogP contribution in [0.5, 0.6) is 11.5 Å². The van der Waals surface area contributed by atoms with Gasteiger partial charge in [0.05, 0.1) is 38.0 Å². The Hall–Kier alpha value is -4.66. The molecule has 0 aliphatic heterocycles. The number of H-pyrrole nitrogens is 1. The summed E-state index contributed by atoms with van der Waals surface area (Å²) in [4.78, 5) is 37.4. The molecule has 0 saturated carbocycles. The van der Waals surface area contributed by atoms with Crippen molar-refractivity contribution in [3.05, 3.63) is 93.4 Å². The lowest BCUT2D eigenvalue weighted by Gasteiger charge is -2.11. The Morgan fingerprint density at radius 3 is 2.43 bits per heavy atom. The maximum absolute atomic E-state index is 12.8. The fraction of sp³-hybridized carbons (Fsp3) is 0.154. The Morgan fingerprint density at radius 2 is 1.69 bits per heavy atom. The van der Waals surface area contributed by atoms with Crippen molar-refractivity contribution < 1.29 is 23.8 Å². The number of nitrogens with zero attached hydrogens (tertiary/aromatic N) is 1. The topological polar surface area (TPSA) is 120 Å². The molecule has 178 valence electrons. The van der Waals surface area contributed by atoms with Crippen LogP contribution in [0, 0.1) is 0 Å². The number of nitrogens with one attached hydrogen (secondary N) is 2. The molecular formula is C26H23N3O6. The Morgan fingerprint density at radius 1 is 0.914 bits per heavy atom. The van der Waals surface area contributed by atoms with Crippen LogP contribution < -0.4 is 20.3 Å². The van der Waals surface area contributed by atoms with Crippen LogP contribution in [-0.4, -0.2) is 43.4 Å². The van der Waals surface area contributed by atoms with E-state index in [2.05, 4.69) is 15.5 Å². The van der Waals surface area contributed by atoms with Gasteiger partial charge >= 0.3 is 5.97 Å². The number of amides is 1. The summed E-state index contributed by atoms with van der Waals surface area (Å²) in [6.07, 6.45) is 0.301. The molecule has 9 heteroatoms. The highest BCUT2D eigenvalue weighted by atomic mass is 16.5. The molecule has 0 bridgehead atoms. The van der Waals surface area contributed by atoms with Gasteiger partial charge in [0, 0.05) is 23.1 Å². The van der Waals surface area contributed by atoms with Gasteiger partial charge in [0.1, 0.15) is 0 Å². The van der Waals surface area contributed by atoms with E-state index in [-0.39, 0.29) is 5.91 Å². The smallest absolute Gasteiger partial charge is 0.338 e. The summed E-state index contributed by atoms with van der Waals surface area (Å²) in [5.41, 5.74) is 2.13. The molecule has 9 nitrogen and oxygen atoms in total. The number of hydrogen-bond acceptors (Lipinski definition) is 7. The van der Waals surface area contributed by atoms with Crippen LogP contribution in [0.2, 0.25) is 0 Å². The number of fused-ring (bicyclic) bond motifs is 1. The second-order valence-corrected chi connectivity index (χ2v) is 7.61. The van der Waals surface area contributed by atoms with Crippen molar-refractivity contribution >= 4 is 28.3 Å². The zero-order valence-corrected chi connectivity index (χ0v) is 19.4. The first kappa shape index (κ1) is 23.5. The number of aromatic amines is 1. The van der Waals surface area contributed by atoms with Crippen LogP contribution in [0.15, 0.2) is 65.5 Å². The average molecular weight is 473 g/mol. The minimum Gasteiger partial charge on any atom is -0.493 e. The lowest BCUT2D eigenvalue weighted by molar-refractivity contribution is 0.0599. The molecular weight excluding hydrogens is 450 g/mol. The van der Waals surface area contributed by atoms with Gasteiger partial charge in [0.25, 0.3) is 11.5 Å². The van der Waals surface area contributed by atoms with Gasteiger partial charge in [-0.3, -0.25) is 9.59 Å². The first-order valence-corrected chi connectivity index (χ1v) is 10.7. The normalized spacial score (nSPS) is 10.6. The van der Waals surface area contributed by atoms with E-state index >= 15 is 0 Å². The van der Waals surface area contributed by atoms with E-state index in [1.165, 1.54) is 21.3 Å². The summed E-state index contributed by atoms with van der Waals surface area (Å²) in [5, 5.41) is 10.5. The van der Waals surface area contributed by atoms with Crippen molar-refractivity contribution in [3.8, 4) is 11.5 Å². The van der Waals surface area contributed by atoms with E-state index in [1.807, 2.05) is 12.1 Å². The summed E-state index contributed by atoms with van der Waals surface area (Å²) < 4.78 is 15.3. The largest absolute Gasteiger partial charge is 0.493 e. The van der Waals surface area contributed by atoms with Crippen LogP contribution in [0.4, 0.5) is 5.69 Å². The van der Waals surface area contributed by atoms with Crippen molar-refractivity contribution in [1.29, 1.82) is 0 Å². The highest BCUT2D eigenvalue weighted by molar-refractivity contribution is 6.05. The second kappa shape index (κ2) is 10.1. The Kier molecular flexibility index (Phi) is 6.77. The predicted octanol–water partition coefficient (Wildman–Crippen LogP) is 3.57. The fourth-order valence-corrected chi connectivity index (χ4v) is 3.78. The molecule has 35 heavy (non-hydrogen) atoms. The number of esters is 1. The third-order valence-corrected chi connectivity index (χ3v) is 5.55. The minimum atomic E-state index is -0.450. The highest BCUT2D eigenvalue weighted by Crippen LogP contribution is 2.28. The van der Waals surface area contributed by atoms with E-state index in [0.29, 0.717) is 56.8 Å². The monoisotopic (exact) mass is 473 g/mol. The molecule has 4 aromatic rings. The van der Waals surface area contributed by atoms with Gasteiger partial charge < -0.3 is 19.5 Å². The number of anilines is 1.